The first kappa shape index (κ1) is 11.5. The second-order valence-electron chi connectivity index (χ2n) is 5.23. The summed E-state index contributed by atoms with van der Waals surface area (Å²) in [6, 6.07) is 0. The molecule has 2 fully saturated rings. The molecule has 2 rings (SSSR count). The highest BCUT2D eigenvalue weighted by atomic mass is 16.2. The van der Waals surface area contributed by atoms with Crippen molar-refractivity contribution >= 4 is 17.3 Å². The summed E-state index contributed by atoms with van der Waals surface area (Å²) in [7, 11) is 0. The molecule has 3 nitrogen and oxygen atoms in total. The predicted molar refractivity (Wildman–Crippen MR) is 58.9 cm³/mol. The van der Waals surface area contributed by atoms with E-state index in [0.29, 0.717) is 6.42 Å². The first-order chi connectivity index (χ1) is 7.51. The second kappa shape index (κ2) is 3.79. The fourth-order valence-electron chi connectivity index (χ4n) is 3.38. The molecule has 0 bridgehead atoms. The van der Waals surface area contributed by atoms with Crippen LogP contribution < -0.4 is 0 Å². The Labute approximate surface area is 95.6 Å². The number of rotatable bonds is 2. The van der Waals surface area contributed by atoms with Gasteiger partial charge in [-0.25, -0.2) is 0 Å². The maximum absolute atomic E-state index is 11.9. The van der Waals surface area contributed by atoms with Gasteiger partial charge in [0.1, 0.15) is 11.6 Å². The summed E-state index contributed by atoms with van der Waals surface area (Å²) >= 11 is 0. The molecule has 0 amide bonds. The fraction of sp³-hybridized carbons (Fsp3) is 0.769. The second-order valence-corrected chi connectivity index (χ2v) is 5.23. The molecule has 3 atom stereocenters. The number of carbonyl (C=O) groups excluding carboxylic acids is 3. The Kier molecular flexibility index (Phi) is 2.72. The molecule has 0 spiro atoms. The highest BCUT2D eigenvalue weighted by molar-refractivity contribution is 6.16. The van der Waals surface area contributed by atoms with E-state index in [1.54, 1.807) is 6.92 Å². The molecule has 0 aliphatic heterocycles. The summed E-state index contributed by atoms with van der Waals surface area (Å²) in [6.07, 6.45) is 2.92. The zero-order valence-electron chi connectivity index (χ0n) is 9.91. The van der Waals surface area contributed by atoms with Crippen LogP contribution in [0.15, 0.2) is 0 Å². The normalized spacial score (nSPS) is 39.0. The molecule has 0 radical (unpaired) electrons. The van der Waals surface area contributed by atoms with Crippen molar-refractivity contribution < 1.29 is 14.4 Å². The quantitative estimate of drug-likeness (QED) is 0.671. The van der Waals surface area contributed by atoms with E-state index in [-0.39, 0.29) is 35.6 Å². The van der Waals surface area contributed by atoms with Crippen LogP contribution in [0.5, 0.6) is 0 Å². The summed E-state index contributed by atoms with van der Waals surface area (Å²) < 4.78 is 0. The lowest BCUT2D eigenvalue weighted by atomic mass is 9.62. The Hall–Kier alpha value is -0.990. The summed E-state index contributed by atoms with van der Waals surface area (Å²) in [4.78, 5) is 35.6. The SMILES string of the molecule is CCC[C@@H]1C(=O)CC(=O)[C@]2(C)C(=O)CC[C@@H]12. The molecule has 0 unspecified atom stereocenters. The molecule has 2 saturated carbocycles. The third-order valence-electron chi connectivity index (χ3n) is 4.42. The largest absolute Gasteiger partial charge is 0.299 e. The van der Waals surface area contributed by atoms with Crippen LogP contribution in [-0.4, -0.2) is 17.3 Å². The van der Waals surface area contributed by atoms with Crippen LogP contribution in [0.25, 0.3) is 0 Å². The van der Waals surface area contributed by atoms with Crippen LogP contribution in [0, 0.1) is 17.3 Å². The Balaban J connectivity index is 2.36. The molecule has 3 heteroatoms. The van der Waals surface area contributed by atoms with E-state index < -0.39 is 5.41 Å². The number of carbonyl (C=O) groups is 3. The van der Waals surface area contributed by atoms with Gasteiger partial charge < -0.3 is 0 Å². The minimum Gasteiger partial charge on any atom is -0.299 e. The van der Waals surface area contributed by atoms with E-state index in [1.165, 1.54) is 0 Å². The van der Waals surface area contributed by atoms with Gasteiger partial charge in [0, 0.05) is 12.3 Å². The van der Waals surface area contributed by atoms with Crippen LogP contribution in [0.1, 0.15) is 46.0 Å². The number of Topliss-reactive ketones (excluding diaryl/α,β-unsaturated/α-hetero) is 3. The van der Waals surface area contributed by atoms with Crippen molar-refractivity contribution in [2.45, 2.75) is 46.0 Å². The van der Waals surface area contributed by atoms with Crippen LogP contribution in [0.4, 0.5) is 0 Å². The van der Waals surface area contributed by atoms with E-state index in [2.05, 4.69) is 0 Å². The van der Waals surface area contributed by atoms with Gasteiger partial charge in [-0.15, -0.1) is 0 Å². The van der Waals surface area contributed by atoms with Crippen LogP contribution in [0.3, 0.4) is 0 Å². The average Bonchev–Trinajstić information content (AvgIpc) is 2.53. The van der Waals surface area contributed by atoms with Crippen molar-refractivity contribution in [2.24, 2.45) is 17.3 Å². The van der Waals surface area contributed by atoms with E-state index >= 15 is 0 Å². The Morgan fingerprint density at radius 2 is 1.94 bits per heavy atom. The van der Waals surface area contributed by atoms with Gasteiger partial charge in [-0.1, -0.05) is 13.3 Å². The van der Waals surface area contributed by atoms with Gasteiger partial charge in [0.05, 0.1) is 11.8 Å². The third-order valence-corrected chi connectivity index (χ3v) is 4.42. The average molecular weight is 222 g/mol. The summed E-state index contributed by atoms with van der Waals surface area (Å²) in [5, 5.41) is 0. The molecular weight excluding hydrogens is 204 g/mol. The number of hydrogen-bond acceptors (Lipinski definition) is 3. The summed E-state index contributed by atoms with van der Waals surface area (Å²) in [5.74, 6) is -0.106. The van der Waals surface area contributed by atoms with Gasteiger partial charge in [0.15, 0.2) is 5.78 Å². The van der Waals surface area contributed by atoms with Crippen molar-refractivity contribution in [3.8, 4) is 0 Å². The Morgan fingerprint density at radius 1 is 1.25 bits per heavy atom. The monoisotopic (exact) mass is 222 g/mol. The molecule has 0 N–H and O–H groups in total. The highest BCUT2D eigenvalue weighted by Gasteiger charge is 2.58. The van der Waals surface area contributed by atoms with Crippen LogP contribution in [0.2, 0.25) is 0 Å². The van der Waals surface area contributed by atoms with Gasteiger partial charge in [0.2, 0.25) is 0 Å². The summed E-state index contributed by atoms with van der Waals surface area (Å²) in [5.41, 5.74) is -0.840. The smallest absolute Gasteiger partial charge is 0.153 e. The zero-order chi connectivity index (χ0) is 11.9. The van der Waals surface area contributed by atoms with Crippen molar-refractivity contribution in [1.29, 1.82) is 0 Å². The molecular formula is C13H18O3. The van der Waals surface area contributed by atoms with Gasteiger partial charge >= 0.3 is 0 Å². The maximum Gasteiger partial charge on any atom is 0.153 e. The maximum atomic E-state index is 11.9. The molecule has 0 saturated heterocycles. The highest BCUT2D eigenvalue weighted by Crippen LogP contribution is 2.50. The predicted octanol–water partition coefficient (Wildman–Crippen LogP) is 1.93. The minimum atomic E-state index is -0.840. The zero-order valence-corrected chi connectivity index (χ0v) is 9.91. The number of ketones is 3. The number of fused-ring (bicyclic) bond motifs is 1. The van der Waals surface area contributed by atoms with E-state index in [9.17, 15) is 14.4 Å². The first-order valence-corrected chi connectivity index (χ1v) is 6.11. The standard InChI is InChI=1S/C13H18O3/c1-3-4-8-9-5-6-11(15)13(9,2)12(16)7-10(8)14/h8-9H,3-7H2,1-2H3/t8-,9-,13-/m0/s1. The Bertz CT molecular complexity index is 358. The molecule has 2 aliphatic rings. The van der Waals surface area contributed by atoms with Crippen molar-refractivity contribution in [1.82, 2.24) is 0 Å². The van der Waals surface area contributed by atoms with Gasteiger partial charge in [-0.3, -0.25) is 14.4 Å². The van der Waals surface area contributed by atoms with Gasteiger partial charge in [0.25, 0.3) is 0 Å². The first-order valence-electron chi connectivity index (χ1n) is 6.11. The third kappa shape index (κ3) is 1.37. The molecule has 2 aliphatic carbocycles. The van der Waals surface area contributed by atoms with Crippen molar-refractivity contribution in [3.05, 3.63) is 0 Å². The molecule has 88 valence electrons. The topological polar surface area (TPSA) is 51.2 Å². The summed E-state index contributed by atoms with van der Waals surface area (Å²) in [6.45, 7) is 3.79. The van der Waals surface area contributed by atoms with Gasteiger partial charge in [-0.2, -0.15) is 0 Å². The van der Waals surface area contributed by atoms with E-state index in [4.69, 9.17) is 0 Å². The van der Waals surface area contributed by atoms with E-state index in [0.717, 1.165) is 19.3 Å². The Morgan fingerprint density at radius 3 is 2.56 bits per heavy atom. The van der Waals surface area contributed by atoms with Gasteiger partial charge in [-0.05, 0) is 25.7 Å². The van der Waals surface area contributed by atoms with E-state index in [1.807, 2.05) is 6.92 Å². The fourth-order valence-corrected chi connectivity index (χ4v) is 3.38. The lowest BCUT2D eigenvalue weighted by Gasteiger charge is -2.38. The van der Waals surface area contributed by atoms with Crippen molar-refractivity contribution in [3.63, 3.8) is 0 Å². The lowest BCUT2D eigenvalue weighted by Crippen LogP contribution is -2.48. The molecule has 0 heterocycles. The van der Waals surface area contributed by atoms with Crippen LogP contribution in [-0.2, 0) is 14.4 Å². The van der Waals surface area contributed by atoms with Crippen molar-refractivity contribution in [2.75, 3.05) is 0 Å². The molecule has 0 aromatic rings. The number of hydrogen-bond donors (Lipinski definition) is 0. The van der Waals surface area contributed by atoms with Crippen LogP contribution >= 0.6 is 0 Å². The minimum absolute atomic E-state index is 0.0197. The lowest BCUT2D eigenvalue weighted by molar-refractivity contribution is -0.149. The molecule has 0 aromatic heterocycles. The molecule has 0 aromatic carbocycles. The molecule has 16 heavy (non-hydrogen) atoms.